The van der Waals surface area contributed by atoms with Crippen LogP contribution in [0.4, 0.5) is 4.39 Å². The maximum Gasteiger partial charge on any atom is 0.168 e. The minimum Gasteiger partial charge on any atom is -0.495 e. The van der Waals surface area contributed by atoms with Gasteiger partial charge in [-0.25, -0.2) is 9.37 Å². The van der Waals surface area contributed by atoms with E-state index in [-0.39, 0.29) is 19.0 Å². The van der Waals surface area contributed by atoms with E-state index in [2.05, 4.69) is 15.2 Å². The van der Waals surface area contributed by atoms with Crippen LogP contribution in [0, 0.1) is 5.82 Å². The Morgan fingerprint density at radius 1 is 1.21 bits per heavy atom. The molecule has 29 heavy (non-hydrogen) atoms. The smallest absolute Gasteiger partial charge is 0.168 e. The number of benzene rings is 1. The average Bonchev–Trinajstić information content (AvgIpc) is 3.36. The molecule has 0 aliphatic carbocycles. The van der Waals surface area contributed by atoms with Crippen molar-refractivity contribution in [2.45, 2.75) is 6.42 Å². The van der Waals surface area contributed by atoms with Crippen LogP contribution in [0.3, 0.4) is 0 Å². The molecule has 0 amide bonds. The van der Waals surface area contributed by atoms with Gasteiger partial charge in [-0.05, 0) is 18.2 Å². The van der Waals surface area contributed by atoms with Crippen molar-refractivity contribution in [2.75, 3.05) is 20.3 Å². The van der Waals surface area contributed by atoms with E-state index in [4.69, 9.17) is 26.2 Å². The predicted molar refractivity (Wildman–Crippen MR) is 108 cm³/mol. The number of aromatic nitrogens is 4. The third-order valence-corrected chi connectivity index (χ3v) is 5.41. The van der Waals surface area contributed by atoms with E-state index < -0.39 is 5.82 Å². The number of imidazole rings is 1. The van der Waals surface area contributed by atoms with Gasteiger partial charge in [0.15, 0.2) is 16.6 Å². The van der Waals surface area contributed by atoms with Crippen molar-refractivity contribution in [1.29, 1.82) is 0 Å². The SMILES string of the molecule is COc1ccc2nc(-c3nnc(-c4cc(F)c(OCCCO)cc4Cl)s3)cn2c1. The molecule has 0 aliphatic rings. The highest BCUT2D eigenvalue weighted by atomic mass is 35.5. The van der Waals surface area contributed by atoms with Gasteiger partial charge in [0.25, 0.3) is 0 Å². The van der Waals surface area contributed by atoms with Crippen LogP contribution < -0.4 is 9.47 Å². The summed E-state index contributed by atoms with van der Waals surface area (Å²) in [6, 6.07) is 6.34. The first kappa shape index (κ1) is 19.6. The number of hydrogen-bond acceptors (Lipinski definition) is 7. The second-order valence-corrected chi connectivity index (χ2v) is 7.45. The van der Waals surface area contributed by atoms with Crippen molar-refractivity contribution in [2.24, 2.45) is 0 Å². The Morgan fingerprint density at radius 3 is 2.83 bits per heavy atom. The highest BCUT2D eigenvalue weighted by molar-refractivity contribution is 7.18. The maximum atomic E-state index is 14.4. The molecular formula is C19H16ClFN4O3S. The second kappa shape index (κ2) is 8.32. The van der Waals surface area contributed by atoms with Crippen molar-refractivity contribution in [3.63, 3.8) is 0 Å². The minimum atomic E-state index is -0.557. The summed E-state index contributed by atoms with van der Waals surface area (Å²) in [5, 5.41) is 18.5. The number of pyridine rings is 1. The summed E-state index contributed by atoms with van der Waals surface area (Å²) in [5.41, 5.74) is 1.81. The number of rotatable bonds is 7. The zero-order valence-corrected chi connectivity index (χ0v) is 16.9. The molecular weight excluding hydrogens is 419 g/mol. The Bertz CT molecular complexity index is 1160. The van der Waals surface area contributed by atoms with Crippen molar-refractivity contribution in [3.05, 3.63) is 47.5 Å². The minimum absolute atomic E-state index is 0.0309. The number of nitrogens with zero attached hydrogens (tertiary/aromatic N) is 4. The zero-order valence-electron chi connectivity index (χ0n) is 15.3. The zero-order chi connectivity index (χ0) is 20.4. The summed E-state index contributed by atoms with van der Waals surface area (Å²) < 4.78 is 26.7. The molecule has 4 rings (SSSR count). The fraction of sp³-hybridized carbons (Fsp3) is 0.211. The van der Waals surface area contributed by atoms with Gasteiger partial charge in [-0.2, -0.15) is 0 Å². The van der Waals surface area contributed by atoms with E-state index in [0.717, 1.165) is 5.65 Å². The largest absolute Gasteiger partial charge is 0.495 e. The Kier molecular flexibility index (Phi) is 5.61. The number of halogens is 2. The molecule has 0 fully saturated rings. The first-order valence-electron chi connectivity index (χ1n) is 8.68. The van der Waals surface area contributed by atoms with E-state index in [1.165, 1.54) is 23.5 Å². The van der Waals surface area contributed by atoms with E-state index in [1.807, 2.05) is 28.9 Å². The number of aliphatic hydroxyl groups excluding tert-OH is 1. The van der Waals surface area contributed by atoms with Gasteiger partial charge in [0.05, 0.1) is 24.9 Å². The van der Waals surface area contributed by atoms with E-state index in [0.29, 0.717) is 38.5 Å². The molecule has 4 aromatic rings. The van der Waals surface area contributed by atoms with Crippen LogP contribution in [0.1, 0.15) is 6.42 Å². The van der Waals surface area contributed by atoms with Gasteiger partial charge in [0.2, 0.25) is 0 Å². The van der Waals surface area contributed by atoms with Crippen LogP contribution in [0.2, 0.25) is 5.02 Å². The Hall–Kier alpha value is -2.75. The summed E-state index contributed by atoms with van der Waals surface area (Å²) in [5.74, 6) is 0.188. The Morgan fingerprint density at radius 2 is 2.03 bits per heavy atom. The van der Waals surface area contributed by atoms with E-state index >= 15 is 0 Å². The van der Waals surface area contributed by atoms with Crippen molar-refractivity contribution < 1.29 is 19.0 Å². The standard InChI is InChI=1S/C19H16ClFN4O3S/c1-27-11-3-4-17-22-15(10-25(17)9-11)19-24-23-18(29-19)12-7-14(21)16(8-13(12)20)28-6-2-5-26/h3-4,7-10,26H,2,5-6H2,1H3. The lowest BCUT2D eigenvalue weighted by atomic mass is 10.2. The quantitative estimate of drug-likeness (QED) is 0.441. The predicted octanol–water partition coefficient (Wildman–Crippen LogP) is 4.08. The average molecular weight is 435 g/mol. The van der Waals surface area contributed by atoms with Crippen LogP contribution in [0.5, 0.6) is 11.5 Å². The Labute approximate surface area is 174 Å². The fourth-order valence-electron chi connectivity index (χ4n) is 2.68. The number of methoxy groups -OCH3 is 1. The van der Waals surface area contributed by atoms with Crippen LogP contribution in [0.25, 0.3) is 26.9 Å². The highest BCUT2D eigenvalue weighted by Crippen LogP contribution is 2.37. The molecule has 0 radical (unpaired) electrons. The molecule has 7 nitrogen and oxygen atoms in total. The molecule has 1 N–H and O–H groups in total. The van der Waals surface area contributed by atoms with Gasteiger partial charge in [-0.15, -0.1) is 10.2 Å². The lowest BCUT2D eigenvalue weighted by Gasteiger charge is -2.08. The summed E-state index contributed by atoms with van der Waals surface area (Å²) in [4.78, 5) is 4.53. The second-order valence-electron chi connectivity index (χ2n) is 6.06. The summed E-state index contributed by atoms with van der Waals surface area (Å²) >= 11 is 7.57. The summed E-state index contributed by atoms with van der Waals surface area (Å²) in [7, 11) is 1.60. The number of hydrogen-bond donors (Lipinski definition) is 1. The molecule has 0 saturated carbocycles. The van der Waals surface area contributed by atoms with Gasteiger partial charge in [-0.1, -0.05) is 22.9 Å². The number of ether oxygens (including phenoxy) is 2. The number of aliphatic hydroxyl groups is 1. The van der Waals surface area contributed by atoms with Crippen LogP contribution in [0.15, 0.2) is 36.7 Å². The van der Waals surface area contributed by atoms with Crippen LogP contribution >= 0.6 is 22.9 Å². The van der Waals surface area contributed by atoms with Crippen LogP contribution in [-0.4, -0.2) is 45.0 Å². The first-order chi connectivity index (χ1) is 14.1. The molecule has 3 heterocycles. The third kappa shape index (κ3) is 4.02. The lowest BCUT2D eigenvalue weighted by Crippen LogP contribution is -2.01. The van der Waals surface area contributed by atoms with E-state index in [9.17, 15) is 4.39 Å². The molecule has 0 spiro atoms. The molecule has 150 valence electrons. The summed E-state index contributed by atoms with van der Waals surface area (Å²) in [6.45, 7) is 0.168. The molecule has 0 bridgehead atoms. The maximum absolute atomic E-state index is 14.4. The van der Waals surface area contributed by atoms with Crippen molar-refractivity contribution in [1.82, 2.24) is 19.6 Å². The highest BCUT2D eigenvalue weighted by Gasteiger charge is 2.17. The molecule has 0 unspecified atom stereocenters. The lowest BCUT2D eigenvalue weighted by molar-refractivity contribution is 0.228. The molecule has 0 saturated heterocycles. The van der Waals surface area contributed by atoms with Gasteiger partial charge in [-0.3, -0.25) is 0 Å². The number of fused-ring (bicyclic) bond motifs is 1. The normalized spacial score (nSPS) is 11.2. The monoisotopic (exact) mass is 434 g/mol. The van der Waals surface area contributed by atoms with Crippen molar-refractivity contribution >= 4 is 28.6 Å². The fourth-order valence-corrected chi connectivity index (χ4v) is 3.81. The van der Waals surface area contributed by atoms with Crippen LogP contribution in [-0.2, 0) is 0 Å². The summed E-state index contributed by atoms with van der Waals surface area (Å²) in [6.07, 6.45) is 4.04. The van der Waals surface area contributed by atoms with Crippen molar-refractivity contribution in [3.8, 4) is 32.8 Å². The van der Waals surface area contributed by atoms with Gasteiger partial charge >= 0.3 is 0 Å². The topological polar surface area (TPSA) is 81.8 Å². The molecule has 1 aromatic carbocycles. The first-order valence-corrected chi connectivity index (χ1v) is 9.88. The third-order valence-electron chi connectivity index (χ3n) is 4.12. The van der Waals surface area contributed by atoms with Gasteiger partial charge in [0.1, 0.15) is 22.1 Å². The molecule has 0 atom stereocenters. The molecule has 3 aromatic heterocycles. The molecule has 10 heteroatoms. The van der Waals surface area contributed by atoms with E-state index in [1.54, 1.807) is 7.11 Å². The molecule has 0 aliphatic heterocycles. The van der Waals surface area contributed by atoms with Gasteiger partial charge in [0, 0.05) is 30.9 Å². The van der Waals surface area contributed by atoms with Gasteiger partial charge < -0.3 is 19.0 Å². The Balaban J connectivity index is 1.63.